The van der Waals surface area contributed by atoms with Gasteiger partial charge in [-0.25, -0.2) is 4.68 Å². The van der Waals surface area contributed by atoms with Crippen LogP contribution < -0.4 is 10.9 Å². The van der Waals surface area contributed by atoms with Crippen LogP contribution >= 0.6 is 11.3 Å². The number of rotatable bonds is 3. The molecule has 0 saturated heterocycles. The minimum atomic E-state index is -0.376. The van der Waals surface area contributed by atoms with E-state index in [0.717, 1.165) is 26.9 Å². The van der Waals surface area contributed by atoms with E-state index in [4.69, 9.17) is 4.42 Å². The summed E-state index contributed by atoms with van der Waals surface area (Å²) in [5, 5.41) is 6.66. The van der Waals surface area contributed by atoms with Gasteiger partial charge in [-0.3, -0.25) is 14.7 Å². The second kappa shape index (κ2) is 7.24. The molecule has 2 aliphatic rings. The summed E-state index contributed by atoms with van der Waals surface area (Å²) in [4.78, 5) is 29.2. The number of furan rings is 1. The normalized spacial score (nSPS) is 20.1. The molecule has 6 nitrogen and oxygen atoms in total. The van der Waals surface area contributed by atoms with Crippen molar-refractivity contribution in [1.29, 1.82) is 0 Å². The number of hydrogen-bond acceptors (Lipinski definition) is 5. The Kier molecular flexibility index (Phi) is 4.33. The molecule has 0 saturated carbocycles. The molecule has 0 radical (unpaired) electrons. The van der Waals surface area contributed by atoms with Gasteiger partial charge in [0.15, 0.2) is 5.78 Å². The first-order valence-corrected chi connectivity index (χ1v) is 11.4. The van der Waals surface area contributed by atoms with Crippen molar-refractivity contribution < 1.29 is 9.21 Å². The van der Waals surface area contributed by atoms with E-state index in [1.54, 1.807) is 22.3 Å². The van der Waals surface area contributed by atoms with E-state index in [1.165, 1.54) is 0 Å². The van der Waals surface area contributed by atoms with Crippen LogP contribution in [0.15, 0.2) is 81.3 Å². The second-order valence-corrected chi connectivity index (χ2v) is 9.64. The highest BCUT2D eigenvalue weighted by atomic mass is 32.1. The van der Waals surface area contributed by atoms with Gasteiger partial charge in [-0.05, 0) is 49.7 Å². The van der Waals surface area contributed by atoms with Crippen molar-refractivity contribution in [3.05, 3.63) is 104 Å². The molecule has 2 atom stereocenters. The predicted octanol–water partition coefficient (Wildman–Crippen LogP) is 5.09. The number of Topliss-reactive ketones (excluding diaryl/α,β-unsaturated/α-hetero) is 1. The molecule has 1 aliphatic carbocycles. The Labute approximate surface area is 188 Å². The van der Waals surface area contributed by atoms with Crippen LogP contribution in [0.4, 0.5) is 5.82 Å². The maximum absolute atomic E-state index is 13.6. The summed E-state index contributed by atoms with van der Waals surface area (Å²) in [7, 11) is 0. The van der Waals surface area contributed by atoms with Gasteiger partial charge >= 0.3 is 0 Å². The van der Waals surface area contributed by atoms with Gasteiger partial charge in [0, 0.05) is 33.4 Å². The Morgan fingerprint density at radius 2 is 1.88 bits per heavy atom. The van der Waals surface area contributed by atoms with E-state index in [9.17, 15) is 9.59 Å². The number of carbonyl (C=O) groups excluding carboxylic acids is 1. The van der Waals surface area contributed by atoms with Gasteiger partial charge in [0.1, 0.15) is 11.6 Å². The van der Waals surface area contributed by atoms with Crippen LogP contribution in [-0.2, 0) is 4.79 Å². The standard InChI is InChI=1S/C25H21N3O3S/c1-14-9-10-20(32-14)22-21-17(12-15(13-18(21)29)19-8-5-11-31-19)26-24-23(22)25(30)28(27-24)16-6-3-2-4-7-16/h2-11,15,22,26-27H,12-13H2,1H3/t15-,22+/m1/s1. The van der Waals surface area contributed by atoms with E-state index in [2.05, 4.69) is 10.4 Å². The molecule has 0 fully saturated rings. The molecule has 160 valence electrons. The minimum absolute atomic E-state index is 0.0149. The molecule has 2 N–H and O–H groups in total. The fraction of sp³-hybridized carbons (Fsp3) is 0.200. The second-order valence-electron chi connectivity index (χ2n) is 8.32. The van der Waals surface area contributed by atoms with Crippen LogP contribution in [0.2, 0.25) is 0 Å². The molecule has 32 heavy (non-hydrogen) atoms. The number of nitrogens with zero attached hydrogens (tertiary/aromatic N) is 1. The van der Waals surface area contributed by atoms with Crippen molar-refractivity contribution in [2.45, 2.75) is 31.6 Å². The number of nitrogens with one attached hydrogen (secondary N) is 2. The van der Waals surface area contributed by atoms with Gasteiger partial charge in [-0.1, -0.05) is 18.2 Å². The zero-order valence-corrected chi connectivity index (χ0v) is 18.2. The lowest BCUT2D eigenvalue weighted by molar-refractivity contribution is -0.116. The Balaban J connectivity index is 1.52. The van der Waals surface area contributed by atoms with E-state index < -0.39 is 0 Å². The van der Waals surface area contributed by atoms with Crippen molar-refractivity contribution in [3.63, 3.8) is 0 Å². The lowest BCUT2D eigenvalue weighted by Crippen LogP contribution is -2.31. The fourth-order valence-electron chi connectivity index (χ4n) is 4.87. The number of aryl methyl sites for hydroxylation is 1. The number of ketones is 1. The third-order valence-electron chi connectivity index (χ3n) is 6.29. The predicted molar refractivity (Wildman–Crippen MR) is 124 cm³/mol. The van der Waals surface area contributed by atoms with Gasteiger partial charge in [0.2, 0.25) is 0 Å². The van der Waals surface area contributed by atoms with Gasteiger partial charge in [-0.15, -0.1) is 11.3 Å². The van der Waals surface area contributed by atoms with Gasteiger partial charge < -0.3 is 9.73 Å². The van der Waals surface area contributed by atoms with E-state index in [0.29, 0.717) is 29.8 Å². The molecule has 0 spiro atoms. The minimum Gasteiger partial charge on any atom is -0.469 e. The third-order valence-corrected chi connectivity index (χ3v) is 7.36. The zero-order valence-electron chi connectivity index (χ0n) is 17.4. The summed E-state index contributed by atoms with van der Waals surface area (Å²) in [5.41, 5.74) is 2.79. The average molecular weight is 444 g/mol. The monoisotopic (exact) mass is 443 g/mol. The maximum atomic E-state index is 13.6. The topological polar surface area (TPSA) is 80.0 Å². The summed E-state index contributed by atoms with van der Waals surface area (Å²) in [6.07, 6.45) is 2.68. The Hall–Kier alpha value is -3.58. The molecular weight excluding hydrogens is 422 g/mol. The number of fused-ring (bicyclic) bond motifs is 1. The van der Waals surface area contributed by atoms with Gasteiger partial charge in [0.05, 0.1) is 23.4 Å². The molecule has 4 heterocycles. The quantitative estimate of drug-likeness (QED) is 0.462. The van der Waals surface area contributed by atoms with Crippen molar-refractivity contribution in [1.82, 2.24) is 9.78 Å². The number of hydrogen-bond donors (Lipinski definition) is 2. The number of H-pyrrole nitrogens is 1. The van der Waals surface area contributed by atoms with E-state index in [-0.39, 0.29) is 23.2 Å². The Bertz CT molecular complexity index is 1410. The summed E-state index contributed by atoms with van der Waals surface area (Å²) < 4.78 is 7.16. The summed E-state index contributed by atoms with van der Waals surface area (Å²) >= 11 is 1.63. The van der Waals surface area contributed by atoms with E-state index >= 15 is 0 Å². The van der Waals surface area contributed by atoms with Gasteiger partial charge in [0.25, 0.3) is 5.56 Å². The summed E-state index contributed by atoms with van der Waals surface area (Å²) in [6.45, 7) is 2.04. The molecule has 0 bridgehead atoms. The smallest absolute Gasteiger partial charge is 0.277 e. The van der Waals surface area contributed by atoms with Crippen molar-refractivity contribution in [2.24, 2.45) is 0 Å². The first kappa shape index (κ1) is 19.1. The fourth-order valence-corrected chi connectivity index (χ4v) is 5.87. The molecule has 6 rings (SSSR count). The maximum Gasteiger partial charge on any atom is 0.277 e. The molecule has 4 aromatic rings. The highest BCUT2D eigenvalue weighted by Gasteiger charge is 2.42. The number of benzene rings is 1. The Morgan fingerprint density at radius 3 is 2.59 bits per heavy atom. The molecule has 1 aromatic carbocycles. The van der Waals surface area contributed by atoms with Crippen molar-refractivity contribution >= 4 is 22.9 Å². The number of carbonyl (C=O) groups is 1. The van der Waals surface area contributed by atoms with Crippen molar-refractivity contribution in [3.8, 4) is 5.69 Å². The van der Waals surface area contributed by atoms with Crippen LogP contribution in [0.25, 0.3) is 5.69 Å². The van der Waals surface area contributed by atoms with Crippen LogP contribution in [0.5, 0.6) is 0 Å². The molecule has 3 aromatic heterocycles. The number of allylic oxidation sites excluding steroid dienone is 2. The number of thiophene rings is 1. The number of aromatic amines is 1. The SMILES string of the molecule is Cc1ccc([C@H]2C3=C(C[C@@H](c4ccco4)CC3=O)Nc3[nH]n(-c4ccccc4)c(=O)c32)s1. The number of aromatic nitrogens is 2. The lowest BCUT2D eigenvalue weighted by atomic mass is 9.75. The molecule has 1 aliphatic heterocycles. The largest absolute Gasteiger partial charge is 0.469 e. The molecule has 0 unspecified atom stereocenters. The Morgan fingerprint density at radius 1 is 1.03 bits per heavy atom. The van der Waals surface area contributed by atoms with Crippen LogP contribution in [0, 0.1) is 6.92 Å². The highest BCUT2D eigenvalue weighted by molar-refractivity contribution is 7.12. The first-order valence-electron chi connectivity index (χ1n) is 10.6. The van der Waals surface area contributed by atoms with Crippen molar-refractivity contribution in [2.75, 3.05) is 5.32 Å². The number of para-hydroxylation sites is 1. The average Bonchev–Trinajstić information content (AvgIpc) is 3.54. The van der Waals surface area contributed by atoms with E-state index in [1.807, 2.05) is 61.5 Å². The summed E-state index contributed by atoms with van der Waals surface area (Å²) in [6, 6.07) is 17.3. The van der Waals surface area contributed by atoms with Crippen LogP contribution in [-0.4, -0.2) is 15.6 Å². The lowest BCUT2D eigenvalue weighted by Gasteiger charge is -2.33. The molecular formula is C25H21N3O3S. The van der Waals surface area contributed by atoms with Crippen LogP contribution in [0.1, 0.15) is 45.8 Å². The third kappa shape index (κ3) is 2.92. The summed E-state index contributed by atoms with van der Waals surface area (Å²) in [5.74, 6) is 1.14. The highest BCUT2D eigenvalue weighted by Crippen LogP contribution is 2.48. The number of anilines is 1. The molecule has 0 amide bonds. The first-order chi connectivity index (χ1) is 15.6. The van der Waals surface area contributed by atoms with Crippen LogP contribution in [0.3, 0.4) is 0 Å². The zero-order chi connectivity index (χ0) is 21.8. The molecule has 7 heteroatoms. The van der Waals surface area contributed by atoms with Gasteiger partial charge in [-0.2, -0.15) is 0 Å².